The zero-order valence-electron chi connectivity index (χ0n) is 24.3. The highest BCUT2D eigenvalue weighted by molar-refractivity contribution is 7.17. The van der Waals surface area contributed by atoms with E-state index in [1.807, 2.05) is 18.3 Å². The molecular weight excluding hydrogens is 533 g/mol. The molecule has 0 radical (unpaired) electrons. The van der Waals surface area contributed by atoms with E-state index >= 15 is 0 Å². The maximum atomic E-state index is 6.45. The van der Waals surface area contributed by atoms with Crippen molar-refractivity contribution in [2.45, 2.75) is 44.9 Å². The first-order valence-corrected chi connectivity index (χ1v) is 20.3. The third-order valence-corrected chi connectivity index (χ3v) is 19.5. The lowest BCUT2D eigenvalue weighted by atomic mass is 9.98. The molecule has 5 heteroatoms. The van der Waals surface area contributed by atoms with Crippen LogP contribution in [0.4, 0.5) is 0 Å². The van der Waals surface area contributed by atoms with Crippen molar-refractivity contribution in [3.8, 4) is 22.4 Å². The fourth-order valence-electron chi connectivity index (χ4n) is 7.99. The number of aryl methyl sites for hydroxylation is 2. The standard InChI is InChI=1S/C36H35N2OSi2/c1-24-13-15-27-35-29(10-9-18-37-35)39-36(27)34(24)28-22-26(17-19-38(28)2)25-14-16-31-33(23-25)41(20-7-8-21-41)32-12-6-5-11-30(32)40(31,3)4/h5-6,9-19,22-23H,7-8,20-21H2,1-4H3/q+1. The average Bonchev–Trinajstić information content (AvgIpc) is 3.63. The molecule has 8 rings (SSSR count). The SMILES string of the molecule is Cc1ccc2c(oc3cccnc32)c1-c1cc(-c2ccc3c(c2)[Si]2(CCCC2)c2ccccc2[Si]3(C)C)cc[n+]1C. The Bertz CT molecular complexity index is 2020. The smallest absolute Gasteiger partial charge is 0.216 e. The molecule has 0 atom stereocenters. The lowest BCUT2D eigenvalue weighted by Crippen LogP contribution is -2.78. The predicted molar refractivity (Wildman–Crippen MR) is 175 cm³/mol. The molecule has 0 amide bonds. The second kappa shape index (κ2) is 8.84. The first kappa shape index (κ1) is 24.9. The average molecular weight is 568 g/mol. The van der Waals surface area contributed by atoms with Gasteiger partial charge < -0.3 is 4.42 Å². The van der Waals surface area contributed by atoms with Gasteiger partial charge in [0.25, 0.3) is 0 Å². The van der Waals surface area contributed by atoms with Crippen molar-refractivity contribution < 1.29 is 8.98 Å². The number of pyridine rings is 2. The normalized spacial score (nSPS) is 16.8. The largest absolute Gasteiger partial charge is 0.453 e. The van der Waals surface area contributed by atoms with Crippen LogP contribution in [0.2, 0.25) is 25.2 Å². The monoisotopic (exact) mass is 567 g/mol. The topological polar surface area (TPSA) is 29.9 Å². The zero-order chi connectivity index (χ0) is 27.9. The van der Waals surface area contributed by atoms with Crippen LogP contribution in [-0.4, -0.2) is 21.1 Å². The van der Waals surface area contributed by atoms with Gasteiger partial charge in [-0.3, -0.25) is 4.98 Å². The number of nitrogens with zero attached hydrogens (tertiary/aromatic N) is 2. The van der Waals surface area contributed by atoms with Gasteiger partial charge in [-0.2, -0.15) is 0 Å². The van der Waals surface area contributed by atoms with Gasteiger partial charge in [0, 0.05) is 23.7 Å². The summed E-state index contributed by atoms with van der Waals surface area (Å²) in [6, 6.07) is 32.8. The molecule has 3 aromatic heterocycles. The van der Waals surface area contributed by atoms with E-state index in [1.165, 1.54) is 41.6 Å². The van der Waals surface area contributed by atoms with Crippen LogP contribution in [0.3, 0.4) is 0 Å². The van der Waals surface area contributed by atoms with Gasteiger partial charge in [0.2, 0.25) is 5.69 Å². The number of hydrogen-bond donors (Lipinski definition) is 0. The van der Waals surface area contributed by atoms with E-state index < -0.39 is 16.1 Å². The summed E-state index contributed by atoms with van der Waals surface area (Å²) in [7, 11) is -1.39. The Hall–Kier alpha value is -3.81. The number of aromatic nitrogens is 2. The quantitative estimate of drug-likeness (QED) is 0.191. The van der Waals surface area contributed by atoms with Crippen LogP contribution in [0, 0.1) is 6.92 Å². The van der Waals surface area contributed by atoms with Crippen molar-refractivity contribution in [2.75, 3.05) is 0 Å². The third-order valence-electron chi connectivity index (χ3n) is 10.1. The van der Waals surface area contributed by atoms with Crippen LogP contribution in [0.5, 0.6) is 0 Å². The summed E-state index contributed by atoms with van der Waals surface area (Å²) in [5.74, 6) is 0. The minimum atomic E-state index is -1.76. The Morgan fingerprint density at radius 2 is 1.54 bits per heavy atom. The van der Waals surface area contributed by atoms with Crippen molar-refractivity contribution >= 4 is 59.0 Å². The molecule has 5 heterocycles. The minimum absolute atomic E-state index is 0.835. The van der Waals surface area contributed by atoms with Gasteiger partial charge in [0.05, 0.1) is 5.56 Å². The van der Waals surface area contributed by atoms with E-state index in [0.717, 1.165) is 33.3 Å². The number of hydrogen-bond acceptors (Lipinski definition) is 2. The maximum Gasteiger partial charge on any atom is 0.216 e. The van der Waals surface area contributed by atoms with Gasteiger partial charge >= 0.3 is 0 Å². The van der Waals surface area contributed by atoms with Gasteiger partial charge in [-0.1, -0.05) is 95.2 Å². The summed E-state index contributed by atoms with van der Waals surface area (Å²) in [5.41, 5.74) is 8.80. The van der Waals surface area contributed by atoms with Gasteiger partial charge in [0.1, 0.15) is 28.7 Å². The Morgan fingerprint density at radius 1 is 0.780 bits per heavy atom. The van der Waals surface area contributed by atoms with Gasteiger partial charge in [-0.05, 0) is 53.9 Å². The molecule has 6 aromatic rings. The van der Waals surface area contributed by atoms with E-state index in [0.29, 0.717) is 0 Å². The summed E-state index contributed by atoms with van der Waals surface area (Å²) in [6.07, 6.45) is 6.79. The molecule has 0 unspecified atom stereocenters. The predicted octanol–water partition coefficient (Wildman–Crippen LogP) is 5.94. The van der Waals surface area contributed by atoms with Crippen LogP contribution in [0.1, 0.15) is 18.4 Å². The molecule has 3 nitrogen and oxygen atoms in total. The van der Waals surface area contributed by atoms with Gasteiger partial charge in [0.15, 0.2) is 17.4 Å². The van der Waals surface area contributed by atoms with Crippen LogP contribution < -0.4 is 25.3 Å². The van der Waals surface area contributed by atoms with E-state index in [1.54, 1.807) is 20.7 Å². The fraction of sp³-hybridized carbons (Fsp3) is 0.222. The minimum Gasteiger partial charge on any atom is -0.453 e. The van der Waals surface area contributed by atoms with Gasteiger partial charge in [-0.15, -0.1) is 0 Å². The number of furan rings is 1. The van der Waals surface area contributed by atoms with Crippen LogP contribution in [-0.2, 0) is 7.05 Å². The zero-order valence-corrected chi connectivity index (χ0v) is 26.3. The molecule has 0 aliphatic carbocycles. The second-order valence-corrected chi connectivity index (χ2v) is 21.3. The third kappa shape index (κ3) is 3.49. The molecule has 41 heavy (non-hydrogen) atoms. The summed E-state index contributed by atoms with van der Waals surface area (Å²) in [4.78, 5) is 4.63. The van der Waals surface area contributed by atoms with Crippen molar-refractivity contribution in [1.29, 1.82) is 0 Å². The summed E-state index contributed by atoms with van der Waals surface area (Å²) >= 11 is 0. The first-order chi connectivity index (χ1) is 19.9. The summed E-state index contributed by atoms with van der Waals surface area (Å²) in [5, 5.41) is 7.94. The first-order valence-electron chi connectivity index (χ1n) is 14.9. The van der Waals surface area contributed by atoms with E-state index in [9.17, 15) is 0 Å². The highest BCUT2D eigenvalue weighted by Gasteiger charge is 2.50. The number of rotatable bonds is 2. The Balaban J connectivity index is 1.33. The number of fused-ring (bicyclic) bond motifs is 7. The lowest BCUT2D eigenvalue weighted by molar-refractivity contribution is -0.660. The molecular formula is C36H35N2OSi2+. The molecule has 1 fully saturated rings. The molecule has 3 aromatic carbocycles. The van der Waals surface area contributed by atoms with Crippen molar-refractivity contribution in [3.05, 3.63) is 96.8 Å². The molecule has 2 aliphatic heterocycles. The molecule has 0 saturated carbocycles. The molecule has 0 N–H and O–H groups in total. The summed E-state index contributed by atoms with van der Waals surface area (Å²) in [6.45, 7) is 7.31. The van der Waals surface area contributed by atoms with Crippen LogP contribution in [0.25, 0.3) is 44.5 Å². The highest BCUT2D eigenvalue weighted by Crippen LogP contribution is 2.37. The summed E-state index contributed by atoms with van der Waals surface area (Å²) < 4.78 is 8.67. The van der Waals surface area contributed by atoms with E-state index in [-0.39, 0.29) is 0 Å². The fourth-order valence-corrected chi connectivity index (χ4v) is 19.5. The Labute approximate surface area is 243 Å². The Morgan fingerprint density at radius 3 is 2.37 bits per heavy atom. The molecule has 1 saturated heterocycles. The number of benzene rings is 3. The van der Waals surface area contributed by atoms with E-state index in [4.69, 9.17) is 4.42 Å². The van der Waals surface area contributed by atoms with Crippen LogP contribution >= 0.6 is 0 Å². The molecule has 2 aliphatic rings. The van der Waals surface area contributed by atoms with Gasteiger partial charge in [-0.25, -0.2) is 4.57 Å². The molecule has 202 valence electrons. The van der Waals surface area contributed by atoms with Crippen molar-refractivity contribution in [1.82, 2.24) is 4.98 Å². The van der Waals surface area contributed by atoms with E-state index in [2.05, 4.69) is 110 Å². The maximum absolute atomic E-state index is 6.45. The van der Waals surface area contributed by atoms with Crippen molar-refractivity contribution in [3.63, 3.8) is 0 Å². The second-order valence-electron chi connectivity index (χ2n) is 12.7. The highest BCUT2D eigenvalue weighted by atomic mass is 28.3. The van der Waals surface area contributed by atoms with Crippen LogP contribution in [0.15, 0.2) is 95.7 Å². The lowest BCUT2D eigenvalue weighted by Gasteiger charge is -2.43. The molecule has 0 bridgehead atoms. The Kier molecular flexibility index (Phi) is 5.38. The van der Waals surface area contributed by atoms with Crippen molar-refractivity contribution in [2.24, 2.45) is 7.05 Å². The molecule has 1 spiro atoms.